The molecule has 1 aromatic heterocycles. The Morgan fingerprint density at radius 2 is 2.38 bits per heavy atom. The van der Waals surface area contributed by atoms with Crippen molar-refractivity contribution < 1.29 is 0 Å². The Morgan fingerprint density at radius 3 is 3.00 bits per heavy atom. The second-order valence-corrected chi connectivity index (χ2v) is 4.27. The zero-order valence-corrected chi connectivity index (χ0v) is 9.91. The van der Waals surface area contributed by atoms with Gasteiger partial charge in [-0.3, -0.25) is 0 Å². The van der Waals surface area contributed by atoms with Gasteiger partial charge in [-0.05, 0) is 18.4 Å². The molecule has 1 unspecified atom stereocenters. The molecule has 16 heavy (non-hydrogen) atoms. The van der Waals surface area contributed by atoms with E-state index in [4.69, 9.17) is 17.3 Å². The lowest BCUT2D eigenvalue weighted by atomic mass is 9.98. The van der Waals surface area contributed by atoms with E-state index in [9.17, 15) is 0 Å². The highest BCUT2D eigenvalue weighted by Crippen LogP contribution is 2.25. The second kappa shape index (κ2) is 4.66. The van der Waals surface area contributed by atoms with E-state index in [0.717, 1.165) is 29.7 Å². The summed E-state index contributed by atoms with van der Waals surface area (Å²) in [4.78, 5) is 8.29. The van der Waals surface area contributed by atoms with Crippen molar-refractivity contribution in [2.24, 2.45) is 0 Å². The number of allylic oxidation sites excluding steroid dienone is 4. The number of anilines is 1. The second-order valence-electron chi connectivity index (χ2n) is 3.71. The van der Waals surface area contributed by atoms with Crippen LogP contribution in [-0.2, 0) is 6.42 Å². The predicted octanol–water partition coefficient (Wildman–Crippen LogP) is 2.57. The molecule has 0 saturated carbocycles. The Labute approximate surface area is 100 Å². The number of aryl methyl sites for hydroxylation is 1. The van der Waals surface area contributed by atoms with Crippen molar-refractivity contribution in [1.29, 1.82) is 0 Å². The van der Waals surface area contributed by atoms with E-state index in [1.807, 2.05) is 12.2 Å². The Kier molecular flexibility index (Phi) is 3.25. The summed E-state index contributed by atoms with van der Waals surface area (Å²) >= 11 is 5.99. The lowest BCUT2D eigenvalue weighted by Crippen LogP contribution is -2.04. The van der Waals surface area contributed by atoms with E-state index in [-0.39, 0.29) is 5.38 Å². The van der Waals surface area contributed by atoms with E-state index in [1.165, 1.54) is 0 Å². The number of halogens is 1. The number of nitrogens with two attached hydrogens (primary N) is 1. The van der Waals surface area contributed by atoms with Crippen molar-refractivity contribution >= 4 is 23.1 Å². The molecule has 0 saturated heterocycles. The van der Waals surface area contributed by atoms with Crippen LogP contribution in [-0.4, -0.2) is 15.3 Å². The van der Waals surface area contributed by atoms with Crippen molar-refractivity contribution in [2.75, 3.05) is 5.73 Å². The van der Waals surface area contributed by atoms with Crippen LogP contribution in [0, 0.1) is 0 Å². The Morgan fingerprint density at radius 1 is 1.56 bits per heavy atom. The summed E-state index contributed by atoms with van der Waals surface area (Å²) in [5, 5.41) is 0.100. The minimum atomic E-state index is 0.100. The molecule has 0 aromatic carbocycles. The van der Waals surface area contributed by atoms with Gasteiger partial charge in [0.15, 0.2) is 0 Å². The monoisotopic (exact) mass is 235 g/mol. The maximum atomic E-state index is 5.99. The molecule has 0 bridgehead atoms. The lowest BCUT2D eigenvalue weighted by Gasteiger charge is -2.13. The maximum Gasteiger partial charge on any atom is 0.220 e. The minimum absolute atomic E-state index is 0.100. The normalized spacial score (nSPS) is 19.6. The Hall–Kier alpha value is -1.35. The number of alkyl halides is 1. The first-order valence-corrected chi connectivity index (χ1v) is 5.78. The highest BCUT2D eigenvalue weighted by atomic mass is 35.5. The summed E-state index contributed by atoms with van der Waals surface area (Å²) in [6, 6.07) is 0. The molecule has 1 aliphatic carbocycles. The molecule has 1 heterocycles. The minimum Gasteiger partial charge on any atom is -0.368 e. The number of nitrogen functional groups attached to an aromatic ring is 1. The van der Waals surface area contributed by atoms with Gasteiger partial charge in [-0.1, -0.05) is 25.2 Å². The van der Waals surface area contributed by atoms with Crippen LogP contribution in [0.3, 0.4) is 0 Å². The first-order chi connectivity index (χ1) is 7.70. The molecule has 3 nitrogen and oxygen atoms in total. The summed E-state index contributed by atoms with van der Waals surface area (Å²) in [5.41, 5.74) is 8.74. The molecule has 0 fully saturated rings. The topological polar surface area (TPSA) is 51.8 Å². The third kappa shape index (κ3) is 2.25. The van der Waals surface area contributed by atoms with Crippen molar-refractivity contribution in [3.8, 4) is 0 Å². The van der Waals surface area contributed by atoms with Crippen LogP contribution in [0.25, 0.3) is 5.57 Å². The smallest absolute Gasteiger partial charge is 0.220 e. The number of aromatic nitrogens is 2. The van der Waals surface area contributed by atoms with Gasteiger partial charge in [0.05, 0.1) is 11.1 Å². The van der Waals surface area contributed by atoms with Gasteiger partial charge in [0, 0.05) is 11.8 Å². The van der Waals surface area contributed by atoms with Gasteiger partial charge in [0.2, 0.25) is 5.95 Å². The number of hydrogen-bond acceptors (Lipinski definition) is 3. The fourth-order valence-corrected chi connectivity index (χ4v) is 1.90. The van der Waals surface area contributed by atoms with Gasteiger partial charge >= 0.3 is 0 Å². The van der Waals surface area contributed by atoms with E-state index < -0.39 is 0 Å². The average molecular weight is 236 g/mol. The third-order valence-corrected chi connectivity index (χ3v) is 2.90. The van der Waals surface area contributed by atoms with Crippen LogP contribution >= 0.6 is 11.6 Å². The summed E-state index contributed by atoms with van der Waals surface area (Å²) in [7, 11) is 0. The first kappa shape index (κ1) is 11.1. The van der Waals surface area contributed by atoms with Crippen LogP contribution in [0.2, 0.25) is 0 Å². The highest BCUT2D eigenvalue weighted by molar-refractivity contribution is 6.22. The molecule has 84 valence electrons. The van der Waals surface area contributed by atoms with Crippen molar-refractivity contribution in [3.63, 3.8) is 0 Å². The average Bonchev–Trinajstić information content (AvgIpc) is 2.30. The van der Waals surface area contributed by atoms with E-state index in [1.54, 1.807) is 6.20 Å². The molecule has 0 spiro atoms. The number of rotatable bonds is 2. The molecule has 0 aliphatic heterocycles. The van der Waals surface area contributed by atoms with Gasteiger partial charge in [-0.15, -0.1) is 11.6 Å². The fraction of sp³-hybridized carbons (Fsp3) is 0.333. The SMILES string of the molecule is CCc1nc(N)ncc1C1=CCC(Cl)C=C1. The molecule has 1 aromatic rings. The van der Waals surface area contributed by atoms with Crippen molar-refractivity contribution in [1.82, 2.24) is 9.97 Å². The summed E-state index contributed by atoms with van der Waals surface area (Å²) in [6.45, 7) is 2.06. The van der Waals surface area contributed by atoms with Gasteiger partial charge in [-0.25, -0.2) is 9.97 Å². The summed E-state index contributed by atoms with van der Waals surface area (Å²) in [5.74, 6) is 0.330. The van der Waals surface area contributed by atoms with E-state index in [2.05, 4.69) is 23.0 Å². The number of hydrogen-bond donors (Lipinski definition) is 1. The Bertz CT molecular complexity index is 452. The van der Waals surface area contributed by atoms with E-state index in [0.29, 0.717) is 5.95 Å². The standard InChI is InChI=1S/C12H14ClN3/c1-2-11-10(7-15-12(14)16-11)8-3-5-9(13)6-4-8/h3-5,7,9H,2,6H2,1H3,(H2,14,15,16). The third-order valence-electron chi connectivity index (χ3n) is 2.58. The number of nitrogens with zero attached hydrogens (tertiary/aromatic N) is 2. The molecule has 1 aliphatic rings. The van der Waals surface area contributed by atoms with Gasteiger partial charge in [0.25, 0.3) is 0 Å². The van der Waals surface area contributed by atoms with Crippen LogP contribution in [0.1, 0.15) is 24.6 Å². The molecule has 0 radical (unpaired) electrons. The Balaban J connectivity index is 2.37. The summed E-state index contributed by atoms with van der Waals surface area (Å²) < 4.78 is 0. The van der Waals surface area contributed by atoms with Gasteiger partial charge in [-0.2, -0.15) is 0 Å². The van der Waals surface area contributed by atoms with Crippen LogP contribution < -0.4 is 5.73 Å². The quantitative estimate of drug-likeness (QED) is 0.802. The van der Waals surface area contributed by atoms with Crippen molar-refractivity contribution in [2.45, 2.75) is 25.1 Å². The van der Waals surface area contributed by atoms with Gasteiger partial charge < -0.3 is 5.73 Å². The van der Waals surface area contributed by atoms with E-state index >= 15 is 0 Å². The zero-order chi connectivity index (χ0) is 11.5. The molecule has 1 atom stereocenters. The maximum absolute atomic E-state index is 5.99. The summed E-state index contributed by atoms with van der Waals surface area (Å²) in [6.07, 6.45) is 9.61. The van der Waals surface area contributed by atoms with Gasteiger partial charge in [0.1, 0.15) is 0 Å². The first-order valence-electron chi connectivity index (χ1n) is 5.35. The predicted molar refractivity (Wildman–Crippen MR) is 67.2 cm³/mol. The molecule has 2 N–H and O–H groups in total. The molecule has 0 amide bonds. The van der Waals surface area contributed by atoms with Crippen molar-refractivity contribution in [3.05, 3.63) is 35.7 Å². The molecular formula is C12H14ClN3. The largest absolute Gasteiger partial charge is 0.368 e. The van der Waals surface area contributed by atoms with Crippen LogP contribution in [0.15, 0.2) is 24.4 Å². The molecule has 4 heteroatoms. The van der Waals surface area contributed by atoms with Crippen LogP contribution in [0.5, 0.6) is 0 Å². The lowest BCUT2D eigenvalue weighted by molar-refractivity contribution is 0.991. The highest BCUT2D eigenvalue weighted by Gasteiger charge is 2.11. The zero-order valence-electron chi connectivity index (χ0n) is 9.15. The van der Waals surface area contributed by atoms with Crippen LogP contribution in [0.4, 0.5) is 5.95 Å². The molecular weight excluding hydrogens is 222 g/mol. The molecule has 2 rings (SSSR count). The fourth-order valence-electron chi connectivity index (χ4n) is 1.74.